The van der Waals surface area contributed by atoms with E-state index < -0.39 is 12.0 Å². The molecule has 0 aliphatic carbocycles. The van der Waals surface area contributed by atoms with Gasteiger partial charge in [-0.05, 0) is 83.4 Å². The fourth-order valence-corrected chi connectivity index (χ4v) is 4.58. The Kier molecular flexibility index (Phi) is 7.55. The van der Waals surface area contributed by atoms with Crippen molar-refractivity contribution in [2.75, 3.05) is 24.9 Å². The Balaban J connectivity index is 1.44. The molecular formula is C28H29N3O4S. The van der Waals surface area contributed by atoms with Crippen LogP contribution in [0.3, 0.4) is 0 Å². The molecule has 8 heteroatoms. The molecule has 1 aliphatic rings. The summed E-state index contributed by atoms with van der Waals surface area (Å²) in [6, 6.07) is 20.6. The van der Waals surface area contributed by atoms with E-state index in [9.17, 15) is 9.59 Å². The predicted molar refractivity (Wildman–Crippen MR) is 145 cm³/mol. The summed E-state index contributed by atoms with van der Waals surface area (Å²) in [7, 11) is 2.98. The van der Waals surface area contributed by atoms with E-state index in [1.54, 1.807) is 12.0 Å². The van der Waals surface area contributed by atoms with Gasteiger partial charge in [-0.1, -0.05) is 32.0 Å². The number of amides is 1. The number of methoxy groups -OCH3 is 2. The van der Waals surface area contributed by atoms with E-state index in [1.165, 1.54) is 7.11 Å². The fraction of sp³-hybridized carbons (Fsp3) is 0.250. The third-order valence-electron chi connectivity index (χ3n) is 6.17. The van der Waals surface area contributed by atoms with Crippen LogP contribution in [0.1, 0.15) is 29.8 Å². The number of thiocarbonyl (C=S) groups is 1. The quantitative estimate of drug-likeness (QED) is 0.333. The van der Waals surface area contributed by atoms with Crippen LogP contribution in [0.25, 0.3) is 11.1 Å². The number of fused-ring (bicyclic) bond motifs is 1. The van der Waals surface area contributed by atoms with Crippen LogP contribution >= 0.6 is 12.2 Å². The lowest BCUT2D eigenvalue weighted by Crippen LogP contribution is -2.45. The first kappa shape index (κ1) is 25.2. The molecule has 0 aromatic heterocycles. The van der Waals surface area contributed by atoms with Crippen LogP contribution in [0.2, 0.25) is 0 Å². The molecule has 0 radical (unpaired) electrons. The highest BCUT2D eigenvalue weighted by atomic mass is 32.1. The van der Waals surface area contributed by atoms with Crippen molar-refractivity contribution in [1.82, 2.24) is 4.90 Å². The second-order valence-corrected chi connectivity index (χ2v) is 9.31. The first-order valence-corrected chi connectivity index (χ1v) is 12.1. The third kappa shape index (κ3) is 5.33. The van der Waals surface area contributed by atoms with Crippen LogP contribution in [0.4, 0.5) is 11.4 Å². The number of rotatable bonds is 7. The van der Waals surface area contributed by atoms with E-state index in [0.717, 1.165) is 33.8 Å². The number of carbonyl (C=O) groups is 2. The number of anilines is 2. The van der Waals surface area contributed by atoms with Crippen molar-refractivity contribution in [3.05, 3.63) is 77.9 Å². The molecule has 1 heterocycles. The standard InChI is InChI=1S/C28H29N3O4S/c1-17(2)25(27(33)35-4)31-16-20-15-19(7-14-24(20)26(31)32)18-5-8-21(9-6-18)29-28(36)30-22-10-12-23(34-3)13-11-22/h5-15,17,25H,16H2,1-4H3,(H2,29,30,36). The van der Waals surface area contributed by atoms with Gasteiger partial charge in [0.15, 0.2) is 5.11 Å². The predicted octanol–water partition coefficient (Wildman–Crippen LogP) is 5.32. The van der Waals surface area contributed by atoms with Gasteiger partial charge in [0.05, 0.1) is 14.2 Å². The number of esters is 1. The maximum absolute atomic E-state index is 13.0. The van der Waals surface area contributed by atoms with E-state index in [2.05, 4.69) is 10.6 Å². The molecule has 2 N–H and O–H groups in total. The number of nitrogens with one attached hydrogen (secondary N) is 2. The smallest absolute Gasteiger partial charge is 0.328 e. The first-order chi connectivity index (χ1) is 17.3. The average Bonchev–Trinajstić information content (AvgIpc) is 3.19. The zero-order valence-electron chi connectivity index (χ0n) is 20.7. The summed E-state index contributed by atoms with van der Waals surface area (Å²) in [4.78, 5) is 26.9. The van der Waals surface area contributed by atoms with Crippen molar-refractivity contribution in [3.8, 4) is 16.9 Å². The highest BCUT2D eigenvalue weighted by Crippen LogP contribution is 2.32. The Bertz CT molecular complexity index is 1270. The minimum atomic E-state index is -0.612. The van der Waals surface area contributed by atoms with Crippen molar-refractivity contribution < 1.29 is 19.1 Å². The molecule has 36 heavy (non-hydrogen) atoms. The molecule has 186 valence electrons. The highest BCUT2D eigenvalue weighted by Gasteiger charge is 2.38. The number of carbonyl (C=O) groups excluding carboxylic acids is 2. The van der Waals surface area contributed by atoms with Gasteiger partial charge in [0.25, 0.3) is 5.91 Å². The summed E-state index contributed by atoms with van der Waals surface area (Å²) in [5.41, 5.74) is 5.24. The molecule has 0 fully saturated rings. The lowest BCUT2D eigenvalue weighted by atomic mass is 10.0. The van der Waals surface area contributed by atoms with E-state index in [4.69, 9.17) is 21.7 Å². The van der Waals surface area contributed by atoms with Crippen LogP contribution in [0, 0.1) is 5.92 Å². The number of hydrogen-bond donors (Lipinski definition) is 2. The van der Waals surface area contributed by atoms with Gasteiger partial charge in [0.2, 0.25) is 0 Å². The normalized spacial score (nSPS) is 13.2. The molecule has 4 rings (SSSR count). The van der Waals surface area contributed by atoms with Gasteiger partial charge in [0.1, 0.15) is 11.8 Å². The Hall–Kier alpha value is -3.91. The molecule has 1 unspecified atom stereocenters. The second kappa shape index (κ2) is 10.8. The largest absolute Gasteiger partial charge is 0.497 e. The molecule has 0 spiro atoms. The lowest BCUT2D eigenvalue weighted by molar-refractivity contribution is -0.147. The van der Waals surface area contributed by atoms with E-state index in [1.807, 2.05) is 80.6 Å². The van der Waals surface area contributed by atoms with Gasteiger partial charge in [-0.25, -0.2) is 4.79 Å². The van der Waals surface area contributed by atoms with Crippen LogP contribution in [-0.4, -0.2) is 42.2 Å². The Labute approximate surface area is 216 Å². The van der Waals surface area contributed by atoms with Gasteiger partial charge in [-0.2, -0.15) is 0 Å². The van der Waals surface area contributed by atoms with Crippen molar-refractivity contribution >= 4 is 40.6 Å². The van der Waals surface area contributed by atoms with Crippen molar-refractivity contribution in [3.63, 3.8) is 0 Å². The molecule has 0 bridgehead atoms. The Morgan fingerprint density at radius 1 is 0.917 bits per heavy atom. The summed E-state index contributed by atoms with van der Waals surface area (Å²) >= 11 is 5.43. The molecule has 3 aromatic carbocycles. The number of nitrogens with zero attached hydrogens (tertiary/aromatic N) is 1. The third-order valence-corrected chi connectivity index (χ3v) is 6.38. The molecule has 7 nitrogen and oxygen atoms in total. The lowest BCUT2D eigenvalue weighted by Gasteiger charge is -2.28. The van der Waals surface area contributed by atoms with Gasteiger partial charge < -0.3 is 25.0 Å². The molecule has 1 amide bonds. The summed E-state index contributed by atoms with van der Waals surface area (Å²) in [5, 5.41) is 6.81. The van der Waals surface area contributed by atoms with Crippen LogP contribution < -0.4 is 15.4 Å². The Morgan fingerprint density at radius 2 is 1.50 bits per heavy atom. The van der Waals surface area contributed by atoms with E-state index in [0.29, 0.717) is 17.2 Å². The summed E-state index contributed by atoms with van der Waals surface area (Å²) in [5.74, 6) is 0.189. The van der Waals surface area contributed by atoms with Crippen LogP contribution in [0.5, 0.6) is 5.75 Å². The SMILES string of the molecule is COC(=O)C(C(C)C)N1Cc2cc(-c3ccc(NC(=S)Nc4ccc(OC)cc4)cc3)ccc2C1=O. The fourth-order valence-electron chi connectivity index (χ4n) is 4.34. The second-order valence-electron chi connectivity index (χ2n) is 8.90. The molecule has 3 aromatic rings. The maximum Gasteiger partial charge on any atom is 0.328 e. The number of hydrogen-bond acceptors (Lipinski definition) is 5. The van der Waals surface area contributed by atoms with Crippen LogP contribution in [0.15, 0.2) is 66.7 Å². The highest BCUT2D eigenvalue weighted by molar-refractivity contribution is 7.80. The topological polar surface area (TPSA) is 79.9 Å². The molecule has 1 atom stereocenters. The summed E-state index contributed by atoms with van der Waals surface area (Å²) < 4.78 is 10.1. The van der Waals surface area contributed by atoms with E-state index >= 15 is 0 Å². The molecular weight excluding hydrogens is 474 g/mol. The molecule has 1 aliphatic heterocycles. The minimum Gasteiger partial charge on any atom is -0.497 e. The van der Waals surface area contributed by atoms with Gasteiger partial charge in [-0.3, -0.25) is 4.79 Å². The summed E-state index contributed by atoms with van der Waals surface area (Å²) in [6.45, 7) is 4.21. The zero-order valence-corrected chi connectivity index (χ0v) is 21.5. The monoisotopic (exact) mass is 503 g/mol. The van der Waals surface area contributed by atoms with Crippen molar-refractivity contribution in [2.24, 2.45) is 5.92 Å². The van der Waals surface area contributed by atoms with Crippen molar-refractivity contribution in [1.29, 1.82) is 0 Å². The average molecular weight is 504 g/mol. The minimum absolute atomic E-state index is 0.0551. The van der Waals surface area contributed by atoms with Gasteiger partial charge in [0, 0.05) is 23.5 Å². The van der Waals surface area contributed by atoms with E-state index in [-0.39, 0.29) is 11.8 Å². The van der Waals surface area contributed by atoms with Gasteiger partial charge >= 0.3 is 5.97 Å². The molecule has 0 saturated heterocycles. The first-order valence-electron chi connectivity index (χ1n) is 11.6. The Morgan fingerprint density at radius 3 is 2.06 bits per heavy atom. The van der Waals surface area contributed by atoms with Gasteiger partial charge in [-0.15, -0.1) is 0 Å². The van der Waals surface area contributed by atoms with Crippen LogP contribution in [-0.2, 0) is 16.1 Å². The summed E-state index contributed by atoms with van der Waals surface area (Å²) in [6.07, 6.45) is 0. The maximum atomic E-state index is 13.0. The number of ether oxygens (including phenoxy) is 2. The number of benzene rings is 3. The zero-order chi connectivity index (χ0) is 25.8. The molecule has 0 saturated carbocycles. The van der Waals surface area contributed by atoms with Crippen molar-refractivity contribution in [2.45, 2.75) is 26.4 Å².